The van der Waals surface area contributed by atoms with Crippen LogP contribution in [0.15, 0.2) is 52.9 Å². The van der Waals surface area contributed by atoms with Gasteiger partial charge in [-0.15, -0.1) is 0 Å². The highest BCUT2D eigenvalue weighted by Crippen LogP contribution is 2.36. The first-order valence-electron chi connectivity index (χ1n) is 9.66. The molecule has 1 aliphatic rings. The van der Waals surface area contributed by atoms with Crippen LogP contribution in [0.3, 0.4) is 0 Å². The molecule has 0 fully saturated rings. The Bertz CT molecular complexity index is 972. The van der Waals surface area contributed by atoms with Gasteiger partial charge in [-0.25, -0.2) is 4.79 Å². The summed E-state index contributed by atoms with van der Waals surface area (Å²) in [7, 11) is 0. The van der Waals surface area contributed by atoms with Gasteiger partial charge in [0.2, 0.25) is 0 Å². The van der Waals surface area contributed by atoms with Crippen molar-refractivity contribution < 1.29 is 9.21 Å². The molecule has 5 nitrogen and oxygen atoms in total. The molecule has 0 saturated carbocycles. The van der Waals surface area contributed by atoms with E-state index in [9.17, 15) is 4.79 Å². The fraction of sp³-hybridized carbons (Fsp3) is 0.304. The lowest BCUT2D eigenvalue weighted by atomic mass is 10.1. The predicted molar refractivity (Wildman–Crippen MR) is 109 cm³/mol. The summed E-state index contributed by atoms with van der Waals surface area (Å²) in [4.78, 5) is 19.4. The minimum absolute atomic E-state index is 0.0367. The van der Waals surface area contributed by atoms with E-state index in [2.05, 4.69) is 59.7 Å². The number of carbonyl (C=O) groups excluding carboxylic acids is 1. The van der Waals surface area contributed by atoms with Crippen molar-refractivity contribution in [1.29, 1.82) is 0 Å². The molecular weight excluding hydrogens is 350 g/mol. The van der Waals surface area contributed by atoms with Gasteiger partial charge in [0.05, 0.1) is 11.7 Å². The number of nitrogens with zero attached hydrogens (tertiary/aromatic N) is 2. The zero-order valence-electron chi connectivity index (χ0n) is 16.5. The molecule has 144 valence electrons. The lowest BCUT2D eigenvalue weighted by Gasteiger charge is -2.29. The standard InChI is InChI=1S/C23H25N3O2/c1-15-8-10-18(11-9-15)14-26(21-13-12-19-6-4-5-7-20(19)21)23(27)25-22-24-16(2)17(3)28-22/h4-11,21H,12-14H2,1-3H3,(H,24,25,27). The van der Waals surface area contributed by atoms with Crippen LogP contribution < -0.4 is 5.32 Å². The third kappa shape index (κ3) is 3.65. The third-order valence-corrected chi connectivity index (χ3v) is 5.45. The van der Waals surface area contributed by atoms with Gasteiger partial charge in [-0.2, -0.15) is 4.98 Å². The van der Waals surface area contributed by atoms with Gasteiger partial charge in [-0.3, -0.25) is 5.32 Å². The zero-order valence-corrected chi connectivity index (χ0v) is 16.5. The minimum Gasteiger partial charge on any atom is -0.428 e. The first-order valence-corrected chi connectivity index (χ1v) is 9.66. The van der Waals surface area contributed by atoms with Gasteiger partial charge in [0.1, 0.15) is 5.76 Å². The van der Waals surface area contributed by atoms with Crippen LogP contribution in [0, 0.1) is 20.8 Å². The van der Waals surface area contributed by atoms with Gasteiger partial charge in [-0.1, -0.05) is 54.1 Å². The molecule has 0 aliphatic heterocycles. The van der Waals surface area contributed by atoms with Crippen LogP contribution in [0.4, 0.5) is 10.8 Å². The Morgan fingerprint density at radius 1 is 1.14 bits per heavy atom. The molecule has 2 aromatic carbocycles. The highest BCUT2D eigenvalue weighted by Gasteiger charge is 2.31. The average Bonchev–Trinajstić information content (AvgIpc) is 3.24. The fourth-order valence-corrected chi connectivity index (χ4v) is 3.76. The van der Waals surface area contributed by atoms with E-state index in [4.69, 9.17) is 4.42 Å². The number of nitrogens with one attached hydrogen (secondary N) is 1. The molecule has 0 spiro atoms. The van der Waals surface area contributed by atoms with E-state index in [-0.39, 0.29) is 18.1 Å². The van der Waals surface area contributed by atoms with Gasteiger partial charge < -0.3 is 9.32 Å². The van der Waals surface area contributed by atoms with Crippen molar-refractivity contribution >= 4 is 12.0 Å². The quantitative estimate of drug-likeness (QED) is 0.671. The van der Waals surface area contributed by atoms with Crippen molar-refractivity contribution in [3.63, 3.8) is 0 Å². The van der Waals surface area contributed by atoms with E-state index >= 15 is 0 Å². The molecule has 1 N–H and O–H groups in total. The van der Waals surface area contributed by atoms with Crippen LogP contribution >= 0.6 is 0 Å². The second kappa shape index (κ2) is 7.50. The van der Waals surface area contributed by atoms with Crippen LogP contribution in [0.2, 0.25) is 0 Å². The number of anilines is 1. The molecule has 3 aromatic rings. The Kier molecular flexibility index (Phi) is 4.90. The molecule has 0 radical (unpaired) electrons. The molecule has 28 heavy (non-hydrogen) atoms. The Hall–Kier alpha value is -3.08. The topological polar surface area (TPSA) is 58.4 Å². The van der Waals surface area contributed by atoms with Crippen molar-refractivity contribution in [2.24, 2.45) is 0 Å². The molecule has 5 heteroatoms. The molecule has 1 aliphatic carbocycles. The maximum atomic E-state index is 13.2. The number of rotatable bonds is 4. The molecular formula is C23H25N3O2. The Balaban J connectivity index is 1.63. The predicted octanol–water partition coefficient (Wildman–Crippen LogP) is 5.32. The number of aromatic nitrogens is 1. The van der Waals surface area contributed by atoms with Crippen molar-refractivity contribution in [3.05, 3.63) is 82.2 Å². The van der Waals surface area contributed by atoms with Gasteiger partial charge in [0, 0.05) is 6.54 Å². The van der Waals surface area contributed by atoms with E-state index in [0.29, 0.717) is 12.3 Å². The molecule has 2 amide bonds. The molecule has 0 saturated heterocycles. The summed E-state index contributed by atoms with van der Waals surface area (Å²) in [5, 5.41) is 2.85. The molecule has 0 bridgehead atoms. The highest BCUT2D eigenvalue weighted by atomic mass is 16.4. The number of benzene rings is 2. The minimum atomic E-state index is -0.191. The zero-order chi connectivity index (χ0) is 19.7. The third-order valence-electron chi connectivity index (χ3n) is 5.45. The normalized spacial score (nSPS) is 15.3. The number of hydrogen-bond acceptors (Lipinski definition) is 3. The van der Waals surface area contributed by atoms with Gasteiger partial charge >= 0.3 is 12.0 Å². The second-order valence-electron chi connectivity index (χ2n) is 7.46. The van der Waals surface area contributed by atoms with Crippen LogP contribution in [-0.4, -0.2) is 15.9 Å². The highest BCUT2D eigenvalue weighted by molar-refractivity contribution is 5.87. The van der Waals surface area contributed by atoms with Crippen molar-refractivity contribution in [3.8, 4) is 0 Å². The summed E-state index contributed by atoms with van der Waals surface area (Å²) in [5.41, 5.74) is 5.63. The van der Waals surface area contributed by atoms with Crippen molar-refractivity contribution in [2.75, 3.05) is 5.32 Å². The second-order valence-corrected chi connectivity index (χ2v) is 7.46. The Labute approximate surface area is 165 Å². The van der Waals surface area contributed by atoms with Crippen molar-refractivity contribution in [2.45, 2.75) is 46.2 Å². The van der Waals surface area contributed by atoms with Crippen molar-refractivity contribution in [1.82, 2.24) is 9.88 Å². The monoisotopic (exact) mass is 375 g/mol. The van der Waals surface area contributed by atoms with E-state index in [1.165, 1.54) is 16.7 Å². The largest absolute Gasteiger partial charge is 0.428 e. The van der Waals surface area contributed by atoms with Gasteiger partial charge in [-0.05, 0) is 50.3 Å². The summed E-state index contributed by atoms with van der Waals surface area (Å²) in [6, 6.07) is 16.8. The summed E-state index contributed by atoms with van der Waals surface area (Å²) in [5.74, 6) is 0.714. The smallest absolute Gasteiger partial charge is 0.326 e. The molecule has 1 heterocycles. The lowest BCUT2D eigenvalue weighted by Crippen LogP contribution is -2.37. The van der Waals surface area contributed by atoms with E-state index in [1.54, 1.807) is 0 Å². The molecule has 1 unspecified atom stereocenters. The maximum Gasteiger partial charge on any atom is 0.326 e. The number of aryl methyl sites for hydroxylation is 4. The molecule has 4 rings (SSSR count). The Morgan fingerprint density at radius 2 is 1.89 bits per heavy atom. The van der Waals surface area contributed by atoms with Crippen LogP contribution in [0.1, 0.15) is 46.2 Å². The van der Waals surface area contributed by atoms with Gasteiger partial charge in [0.15, 0.2) is 0 Å². The number of urea groups is 1. The maximum absolute atomic E-state index is 13.2. The SMILES string of the molecule is Cc1ccc(CN(C(=O)Nc2nc(C)c(C)o2)C2CCc3ccccc32)cc1. The lowest BCUT2D eigenvalue weighted by molar-refractivity contribution is 0.183. The average molecular weight is 375 g/mol. The number of oxazole rings is 1. The first kappa shape index (κ1) is 18.3. The summed E-state index contributed by atoms with van der Waals surface area (Å²) >= 11 is 0. The van der Waals surface area contributed by atoms with E-state index < -0.39 is 0 Å². The van der Waals surface area contributed by atoms with Crippen LogP contribution in [0.5, 0.6) is 0 Å². The van der Waals surface area contributed by atoms with Gasteiger partial charge in [0.25, 0.3) is 0 Å². The fourth-order valence-electron chi connectivity index (χ4n) is 3.76. The number of amides is 2. The number of hydrogen-bond donors (Lipinski definition) is 1. The van der Waals surface area contributed by atoms with Crippen LogP contribution in [0.25, 0.3) is 0 Å². The Morgan fingerprint density at radius 3 is 2.61 bits per heavy atom. The molecule has 1 aromatic heterocycles. The summed E-state index contributed by atoms with van der Waals surface area (Å²) in [6.45, 7) is 6.31. The van der Waals surface area contributed by atoms with E-state index in [0.717, 1.165) is 24.1 Å². The number of carbonyl (C=O) groups is 1. The van der Waals surface area contributed by atoms with Crippen LogP contribution in [-0.2, 0) is 13.0 Å². The first-order chi connectivity index (χ1) is 13.5. The summed E-state index contributed by atoms with van der Waals surface area (Å²) in [6.07, 6.45) is 1.90. The molecule has 1 atom stereocenters. The van der Waals surface area contributed by atoms with E-state index in [1.807, 2.05) is 24.8 Å². The number of fused-ring (bicyclic) bond motifs is 1. The summed E-state index contributed by atoms with van der Waals surface area (Å²) < 4.78 is 5.56.